The second-order valence-corrected chi connectivity index (χ2v) is 8.45. The molecule has 0 aliphatic heterocycles. The Hall–Kier alpha value is -3.36. The van der Waals surface area contributed by atoms with E-state index in [1.54, 1.807) is 13.1 Å². The number of carbonyl (C=O) groups excluding carboxylic acids is 1. The molecule has 0 radical (unpaired) electrons. The summed E-state index contributed by atoms with van der Waals surface area (Å²) in [6, 6.07) is 9.99. The van der Waals surface area contributed by atoms with E-state index >= 15 is 0 Å². The Morgan fingerprint density at radius 2 is 1.89 bits per heavy atom. The van der Waals surface area contributed by atoms with Crippen LogP contribution < -0.4 is 4.74 Å². The molecule has 6 nitrogen and oxygen atoms in total. The van der Waals surface area contributed by atoms with Crippen LogP contribution in [-0.2, 0) is 22.3 Å². The molecule has 0 N–H and O–H groups in total. The Morgan fingerprint density at radius 1 is 1.11 bits per heavy atom. The van der Waals surface area contributed by atoms with Crippen LogP contribution in [0.1, 0.15) is 50.1 Å². The first-order chi connectivity index (χ1) is 16.7. The van der Waals surface area contributed by atoms with E-state index in [2.05, 4.69) is 9.97 Å². The van der Waals surface area contributed by atoms with Crippen LogP contribution in [0.5, 0.6) is 5.75 Å². The Morgan fingerprint density at radius 3 is 2.57 bits per heavy atom. The molecule has 0 saturated heterocycles. The van der Waals surface area contributed by atoms with E-state index in [9.17, 15) is 18.0 Å². The predicted octanol–water partition coefficient (Wildman–Crippen LogP) is 6.07. The van der Waals surface area contributed by atoms with Crippen LogP contribution in [0.2, 0.25) is 0 Å². The largest absolute Gasteiger partial charge is 0.493 e. The van der Waals surface area contributed by atoms with Crippen molar-refractivity contribution in [2.24, 2.45) is 5.92 Å². The maximum Gasteiger partial charge on any atom is 0.433 e. The number of halogens is 3. The van der Waals surface area contributed by atoms with Crippen LogP contribution >= 0.6 is 0 Å². The number of pyridine rings is 1. The fourth-order valence-corrected chi connectivity index (χ4v) is 3.75. The molecule has 2 heterocycles. The first-order valence-electron chi connectivity index (χ1n) is 11.6. The highest BCUT2D eigenvalue weighted by Gasteiger charge is 2.32. The quantitative estimate of drug-likeness (QED) is 0.242. The smallest absolute Gasteiger partial charge is 0.433 e. The Labute approximate surface area is 203 Å². The normalized spacial score (nSPS) is 12.4. The number of alkyl halides is 3. The lowest BCUT2D eigenvalue weighted by molar-refractivity contribution is -0.144. The standard InChI is InChI=1S/C26H30F3N3O3/c1-4-34-24(33)14-18(2)8-7-13-35-22-10-6-5-9-21(22)17-32-19(3)15-31-25(32)20-11-12-23(30-16-20)26(27,28)29/h5-6,9-12,15-16,18H,4,7-8,13-14,17H2,1-3H3/t18-/m1/s1. The third kappa shape index (κ3) is 7.31. The van der Waals surface area contributed by atoms with Gasteiger partial charge in [0.15, 0.2) is 0 Å². The summed E-state index contributed by atoms with van der Waals surface area (Å²) in [6.07, 6.45) is 0.416. The number of hydrogen-bond donors (Lipinski definition) is 0. The average Bonchev–Trinajstić information content (AvgIpc) is 3.17. The predicted molar refractivity (Wildman–Crippen MR) is 126 cm³/mol. The molecular formula is C26H30F3N3O3. The van der Waals surface area contributed by atoms with Crippen LogP contribution in [0.25, 0.3) is 11.4 Å². The van der Waals surface area contributed by atoms with Gasteiger partial charge in [-0.25, -0.2) is 4.98 Å². The molecule has 35 heavy (non-hydrogen) atoms. The van der Waals surface area contributed by atoms with Crippen LogP contribution in [0.4, 0.5) is 13.2 Å². The number of aryl methyl sites for hydroxylation is 1. The first kappa shape index (κ1) is 26.2. The van der Waals surface area contributed by atoms with Crippen LogP contribution in [0.15, 0.2) is 48.8 Å². The molecule has 3 rings (SSSR count). The maximum atomic E-state index is 12.9. The number of nitrogens with zero attached hydrogens (tertiary/aromatic N) is 3. The fourth-order valence-electron chi connectivity index (χ4n) is 3.75. The molecule has 2 aromatic heterocycles. The molecule has 0 spiro atoms. The molecule has 0 aliphatic carbocycles. The van der Waals surface area contributed by atoms with Gasteiger partial charge in [0.05, 0.1) is 19.8 Å². The van der Waals surface area contributed by atoms with Crippen LogP contribution in [-0.4, -0.2) is 33.7 Å². The summed E-state index contributed by atoms with van der Waals surface area (Å²) in [4.78, 5) is 19.6. The molecule has 0 aliphatic rings. The van der Waals surface area contributed by atoms with Gasteiger partial charge >= 0.3 is 12.1 Å². The van der Waals surface area contributed by atoms with Crippen molar-refractivity contribution >= 4 is 5.97 Å². The van der Waals surface area contributed by atoms with Crippen molar-refractivity contribution in [1.29, 1.82) is 0 Å². The molecule has 0 bridgehead atoms. The molecule has 188 valence electrons. The lowest BCUT2D eigenvalue weighted by Gasteiger charge is -2.16. The zero-order valence-electron chi connectivity index (χ0n) is 20.1. The van der Waals surface area contributed by atoms with Crippen molar-refractivity contribution in [3.05, 3.63) is 65.7 Å². The Kier molecular flexibility index (Phi) is 8.89. The maximum absolute atomic E-state index is 12.9. The molecule has 3 aromatic rings. The summed E-state index contributed by atoms with van der Waals surface area (Å²) in [5, 5.41) is 0. The zero-order valence-corrected chi connectivity index (χ0v) is 20.1. The second-order valence-electron chi connectivity index (χ2n) is 8.45. The molecular weight excluding hydrogens is 459 g/mol. The van der Waals surface area contributed by atoms with Gasteiger partial charge in [0, 0.05) is 35.6 Å². The van der Waals surface area contributed by atoms with Crippen molar-refractivity contribution in [1.82, 2.24) is 14.5 Å². The van der Waals surface area contributed by atoms with E-state index in [1.807, 2.05) is 42.7 Å². The third-order valence-corrected chi connectivity index (χ3v) is 5.59. The molecule has 0 amide bonds. The van der Waals surface area contributed by atoms with E-state index in [-0.39, 0.29) is 11.9 Å². The minimum Gasteiger partial charge on any atom is -0.493 e. The van der Waals surface area contributed by atoms with Crippen LogP contribution in [0, 0.1) is 12.8 Å². The number of benzene rings is 1. The number of esters is 1. The number of rotatable bonds is 11. The van der Waals surface area contributed by atoms with Crippen molar-refractivity contribution in [3.8, 4) is 17.1 Å². The van der Waals surface area contributed by atoms with Gasteiger partial charge in [-0.2, -0.15) is 13.2 Å². The molecule has 0 saturated carbocycles. The number of ether oxygens (including phenoxy) is 2. The Balaban J connectivity index is 1.66. The minimum atomic E-state index is -4.49. The Bertz CT molecular complexity index is 1110. The van der Waals surface area contributed by atoms with Gasteiger partial charge in [0.2, 0.25) is 0 Å². The summed E-state index contributed by atoms with van der Waals surface area (Å²) >= 11 is 0. The first-order valence-corrected chi connectivity index (χ1v) is 11.6. The topological polar surface area (TPSA) is 66.2 Å². The molecule has 0 unspecified atom stereocenters. The van der Waals surface area contributed by atoms with Gasteiger partial charge in [0.1, 0.15) is 17.3 Å². The fraction of sp³-hybridized carbons (Fsp3) is 0.423. The van der Waals surface area contributed by atoms with E-state index < -0.39 is 11.9 Å². The molecule has 0 fully saturated rings. The minimum absolute atomic E-state index is 0.180. The van der Waals surface area contributed by atoms with Crippen molar-refractivity contribution in [2.45, 2.75) is 52.8 Å². The molecule has 1 atom stereocenters. The number of imidazole rings is 1. The van der Waals surface area contributed by atoms with Gasteiger partial charge in [-0.3, -0.25) is 9.78 Å². The summed E-state index contributed by atoms with van der Waals surface area (Å²) in [5.41, 5.74) is 1.35. The molecule has 1 aromatic carbocycles. The van der Waals surface area contributed by atoms with Gasteiger partial charge in [-0.1, -0.05) is 25.1 Å². The summed E-state index contributed by atoms with van der Waals surface area (Å²) in [7, 11) is 0. The number of para-hydroxylation sites is 1. The number of hydrogen-bond acceptors (Lipinski definition) is 5. The summed E-state index contributed by atoms with van der Waals surface area (Å²) < 4.78 is 51.6. The van der Waals surface area contributed by atoms with Crippen molar-refractivity contribution < 1.29 is 27.4 Å². The highest BCUT2D eigenvalue weighted by atomic mass is 19.4. The SMILES string of the molecule is CCOC(=O)C[C@H](C)CCCOc1ccccc1Cn1c(C)cnc1-c1ccc(C(F)(F)F)nc1. The monoisotopic (exact) mass is 489 g/mol. The third-order valence-electron chi connectivity index (χ3n) is 5.59. The van der Waals surface area contributed by atoms with Gasteiger partial charge < -0.3 is 14.0 Å². The summed E-state index contributed by atoms with van der Waals surface area (Å²) in [6.45, 7) is 7.04. The number of carbonyl (C=O) groups is 1. The van der Waals surface area contributed by atoms with Gasteiger partial charge in [0.25, 0.3) is 0 Å². The van der Waals surface area contributed by atoms with E-state index in [0.29, 0.717) is 37.6 Å². The van der Waals surface area contributed by atoms with E-state index in [4.69, 9.17) is 9.47 Å². The lowest BCUT2D eigenvalue weighted by Crippen LogP contribution is -2.11. The number of aromatic nitrogens is 3. The van der Waals surface area contributed by atoms with Crippen molar-refractivity contribution in [2.75, 3.05) is 13.2 Å². The van der Waals surface area contributed by atoms with E-state index in [1.165, 1.54) is 12.3 Å². The second kappa shape index (κ2) is 11.9. The van der Waals surface area contributed by atoms with Gasteiger partial charge in [-0.15, -0.1) is 0 Å². The molecule has 9 heteroatoms. The highest BCUT2D eigenvalue weighted by molar-refractivity contribution is 5.69. The highest BCUT2D eigenvalue weighted by Crippen LogP contribution is 2.30. The average molecular weight is 490 g/mol. The van der Waals surface area contributed by atoms with Crippen molar-refractivity contribution in [3.63, 3.8) is 0 Å². The van der Waals surface area contributed by atoms with Crippen LogP contribution in [0.3, 0.4) is 0 Å². The van der Waals surface area contributed by atoms with E-state index in [0.717, 1.165) is 35.9 Å². The van der Waals surface area contributed by atoms with Gasteiger partial charge in [-0.05, 0) is 50.8 Å². The zero-order chi connectivity index (χ0) is 25.4. The lowest BCUT2D eigenvalue weighted by atomic mass is 10.0. The summed E-state index contributed by atoms with van der Waals surface area (Å²) in [5.74, 6) is 1.30.